The largest absolute Gasteiger partial charge is 0.462 e. The van der Waals surface area contributed by atoms with Crippen LogP contribution in [-0.4, -0.2) is 70.9 Å². The summed E-state index contributed by atoms with van der Waals surface area (Å²) in [4.78, 5) is 34.4. The maximum absolute atomic E-state index is 12.3. The molecule has 3 heterocycles. The number of aromatic nitrogens is 2. The van der Waals surface area contributed by atoms with Crippen molar-refractivity contribution < 1.29 is 23.8 Å². The van der Waals surface area contributed by atoms with E-state index in [1.165, 1.54) is 12.4 Å². The standard InChI is InChI=1S/C20H30N4O5/c1-5-27-17(25)14-10-22-16(23-11-14)15-12-21-13-20(28-15)6-8-24(9-7-20)18(26)29-19(2,3)4/h10-11,15,21H,5-9,12-13H2,1-4H3. The van der Waals surface area contributed by atoms with Crippen LogP contribution in [0, 0.1) is 0 Å². The van der Waals surface area contributed by atoms with E-state index in [0.29, 0.717) is 57.0 Å². The molecule has 1 aromatic rings. The molecule has 1 amide bonds. The summed E-state index contributed by atoms with van der Waals surface area (Å²) in [5, 5.41) is 3.40. The molecule has 160 valence electrons. The van der Waals surface area contributed by atoms with Gasteiger partial charge in [-0.05, 0) is 40.5 Å². The smallest absolute Gasteiger partial charge is 0.410 e. The summed E-state index contributed by atoms with van der Waals surface area (Å²) in [5.41, 5.74) is -0.558. The summed E-state index contributed by atoms with van der Waals surface area (Å²) >= 11 is 0. The number of nitrogens with zero attached hydrogens (tertiary/aromatic N) is 3. The van der Waals surface area contributed by atoms with E-state index in [0.717, 1.165) is 0 Å². The van der Waals surface area contributed by atoms with Crippen LogP contribution in [0.5, 0.6) is 0 Å². The summed E-state index contributed by atoms with van der Waals surface area (Å²) < 4.78 is 16.8. The fourth-order valence-corrected chi connectivity index (χ4v) is 3.50. The van der Waals surface area contributed by atoms with Crippen molar-refractivity contribution in [3.63, 3.8) is 0 Å². The number of morpholine rings is 1. The van der Waals surface area contributed by atoms with Crippen molar-refractivity contribution in [3.8, 4) is 0 Å². The lowest BCUT2D eigenvalue weighted by Gasteiger charge is -2.46. The number of nitrogens with one attached hydrogen (secondary N) is 1. The maximum atomic E-state index is 12.3. The van der Waals surface area contributed by atoms with Gasteiger partial charge in [0.05, 0.1) is 17.8 Å². The second-order valence-electron chi connectivity index (χ2n) is 8.44. The van der Waals surface area contributed by atoms with Gasteiger partial charge in [-0.1, -0.05) is 0 Å². The summed E-state index contributed by atoms with van der Waals surface area (Å²) in [5.74, 6) is 0.0897. The molecular formula is C20H30N4O5. The van der Waals surface area contributed by atoms with E-state index in [1.54, 1.807) is 11.8 Å². The van der Waals surface area contributed by atoms with Gasteiger partial charge in [0, 0.05) is 38.6 Å². The van der Waals surface area contributed by atoms with E-state index in [-0.39, 0.29) is 17.8 Å². The van der Waals surface area contributed by atoms with Crippen LogP contribution >= 0.6 is 0 Å². The van der Waals surface area contributed by atoms with Crippen LogP contribution in [0.25, 0.3) is 0 Å². The number of carbonyl (C=O) groups excluding carboxylic acids is 2. The van der Waals surface area contributed by atoms with Gasteiger partial charge in [-0.25, -0.2) is 19.6 Å². The minimum Gasteiger partial charge on any atom is -0.462 e. The number of amides is 1. The number of hydrogen-bond acceptors (Lipinski definition) is 8. The van der Waals surface area contributed by atoms with Crippen molar-refractivity contribution in [2.75, 3.05) is 32.8 Å². The van der Waals surface area contributed by atoms with E-state index < -0.39 is 11.6 Å². The highest BCUT2D eigenvalue weighted by molar-refractivity contribution is 5.88. The highest BCUT2D eigenvalue weighted by atomic mass is 16.6. The third kappa shape index (κ3) is 5.42. The van der Waals surface area contributed by atoms with Gasteiger partial charge in [0.15, 0.2) is 5.82 Å². The first-order valence-electron chi connectivity index (χ1n) is 10.1. The molecule has 1 unspecified atom stereocenters. The number of piperidine rings is 1. The van der Waals surface area contributed by atoms with Gasteiger partial charge < -0.3 is 24.4 Å². The van der Waals surface area contributed by atoms with Crippen molar-refractivity contribution in [2.45, 2.75) is 57.8 Å². The topological polar surface area (TPSA) is 103 Å². The zero-order valence-electron chi connectivity index (χ0n) is 17.6. The van der Waals surface area contributed by atoms with Gasteiger partial charge in [-0.15, -0.1) is 0 Å². The molecular weight excluding hydrogens is 376 g/mol. The van der Waals surface area contributed by atoms with E-state index >= 15 is 0 Å². The monoisotopic (exact) mass is 406 g/mol. The highest BCUT2D eigenvalue weighted by Gasteiger charge is 2.42. The van der Waals surface area contributed by atoms with Crippen LogP contribution in [0.15, 0.2) is 12.4 Å². The minimum absolute atomic E-state index is 0.287. The number of likely N-dealkylation sites (tertiary alicyclic amines) is 1. The van der Waals surface area contributed by atoms with E-state index in [1.807, 2.05) is 20.8 Å². The van der Waals surface area contributed by atoms with Crippen molar-refractivity contribution in [3.05, 3.63) is 23.8 Å². The number of hydrogen-bond donors (Lipinski definition) is 1. The first-order valence-corrected chi connectivity index (χ1v) is 10.1. The Morgan fingerprint density at radius 2 is 1.93 bits per heavy atom. The van der Waals surface area contributed by atoms with Gasteiger partial charge in [-0.2, -0.15) is 0 Å². The fraction of sp³-hybridized carbons (Fsp3) is 0.700. The molecule has 0 bridgehead atoms. The van der Waals surface area contributed by atoms with Crippen molar-refractivity contribution in [1.82, 2.24) is 20.2 Å². The predicted octanol–water partition coefficient (Wildman–Crippen LogP) is 2.08. The third-order valence-electron chi connectivity index (χ3n) is 4.97. The molecule has 0 radical (unpaired) electrons. The van der Waals surface area contributed by atoms with Crippen molar-refractivity contribution >= 4 is 12.1 Å². The molecule has 0 aromatic carbocycles. The Kier molecular flexibility index (Phi) is 6.38. The molecule has 9 nitrogen and oxygen atoms in total. The predicted molar refractivity (Wildman–Crippen MR) is 104 cm³/mol. The molecule has 1 atom stereocenters. The lowest BCUT2D eigenvalue weighted by Crippen LogP contribution is -2.57. The molecule has 1 aromatic heterocycles. The molecule has 3 rings (SSSR count). The average Bonchev–Trinajstić information content (AvgIpc) is 2.67. The second kappa shape index (κ2) is 8.62. The Hall–Kier alpha value is -2.26. The van der Waals surface area contributed by atoms with E-state index in [2.05, 4.69) is 15.3 Å². The van der Waals surface area contributed by atoms with E-state index in [9.17, 15) is 9.59 Å². The Bertz CT molecular complexity index is 723. The molecule has 0 aliphatic carbocycles. The van der Waals surface area contributed by atoms with Gasteiger partial charge >= 0.3 is 12.1 Å². The summed E-state index contributed by atoms with van der Waals surface area (Å²) in [7, 11) is 0. The summed E-state index contributed by atoms with van der Waals surface area (Å²) in [6, 6.07) is 0. The average molecular weight is 406 g/mol. The van der Waals surface area contributed by atoms with Gasteiger partial charge in [0.2, 0.25) is 0 Å². The summed E-state index contributed by atoms with van der Waals surface area (Å²) in [6.07, 6.45) is 3.75. The third-order valence-corrected chi connectivity index (χ3v) is 4.97. The van der Waals surface area contributed by atoms with Crippen LogP contribution in [0.2, 0.25) is 0 Å². The van der Waals surface area contributed by atoms with Gasteiger partial charge in [-0.3, -0.25) is 0 Å². The number of rotatable bonds is 3. The van der Waals surface area contributed by atoms with Gasteiger partial charge in [0.1, 0.15) is 11.7 Å². The zero-order valence-corrected chi connectivity index (χ0v) is 17.6. The fourth-order valence-electron chi connectivity index (χ4n) is 3.50. The molecule has 0 saturated carbocycles. The second-order valence-corrected chi connectivity index (χ2v) is 8.44. The Morgan fingerprint density at radius 3 is 2.52 bits per heavy atom. The molecule has 2 aliphatic heterocycles. The minimum atomic E-state index is -0.507. The first-order chi connectivity index (χ1) is 13.7. The number of ether oxygens (including phenoxy) is 3. The SMILES string of the molecule is CCOC(=O)c1cnc(C2CNCC3(CCN(C(=O)OC(C)(C)C)CC3)O2)nc1. The van der Waals surface area contributed by atoms with Crippen LogP contribution in [0.1, 0.15) is 62.8 Å². The summed E-state index contributed by atoms with van der Waals surface area (Å²) in [6.45, 7) is 10.1. The first kappa shape index (κ1) is 21.4. The molecule has 2 saturated heterocycles. The van der Waals surface area contributed by atoms with Crippen LogP contribution in [0.3, 0.4) is 0 Å². The Morgan fingerprint density at radius 1 is 1.28 bits per heavy atom. The molecule has 2 fully saturated rings. The lowest BCUT2D eigenvalue weighted by atomic mass is 9.89. The lowest BCUT2D eigenvalue weighted by molar-refractivity contribution is -0.145. The van der Waals surface area contributed by atoms with Crippen LogP contribution in [-0.2, 0) is 14.2 Å². The highest BCUT2D eigenvalue weighted by Crippen LogP contribution is 2.34. The number of esters is 1. The zero-order chi connectivity index (χ0) is 21.1. The molecule has 9 heteroatoms. The van der Waals surface area contributed by atoms with Crippen molar-refractivity contribution in [1.29, 1.82) is 0 Å². The molecule has 29 heavy (non-hydrogen) atoms. The maximum Gasteiger partial charge on any atom is 0.410 e. The quantitative estimate of drug-likeness (QED) is 0.761. The van der Waals surface area contributed by atoms with Crippen LogP contribution in [0.4, 0.5) is 4.79 Å². The van der Waals surface area contributed by atoms with E-state index in [4.69, 9.17) is 14.2 Å². The Balaban J connectivity index is 1.60. The Labute approximate surface area is 171 Å². The molecule has 1 spiro atoms. The van der Waals surface area contributed by atoms with Crippen molar-refractivity contribution in [2.24, 2.45) is 0 Å². The number of carbonyl (C=O) groups is 2. The molecule has 1 N–H and O–H groups in total. The normalized spacial score (nSPS) is 21.7. The molecule has 2 aliphatic rings. The van der Waals surface area contributed by atoms with Gasteiger partial charge in [0.25, 0.3) is 0 Å². The van der Waals surface area contributed by atoms with Crippen LogP contribution < -0.4 is 5.32 Å².